The van der Waals surface area contributed by atoms with Crippen LogP contribution in [0, 0.1) is 17.1 Å². The molecule has 4 aromatic rings. The van der Waals surface area contributed by atoms with Crippen molar-refractivity contribution in [1.29, 1.82) is 5.26 Å². The molecule has 10 nitrogen and oxygen atoms in total. The Morgan fingerprint density at radius 2 is 1.85 bits per heavy atom. The van der Waals surface area contributed by atoms with E-state index in [4.69, 9.17) is 18.9 Å². The van der Waals surface area contributed by atoms with Gasteiger partial charge in [0.05, 0.1) is 37.1 Å². The molecule has 0 spiro atoms. The van der Waals surface area contributed by atoms with Gasteiger partial charge in [-0.3, -0.25) is 14.6 Å². The molecular formula is C29H27FN4O6S. The second kappa shape index (κ2) is 12.4. The number of pyridine rings is 1. The molecule has 0 atom stereocenters. The van der Waals surface area contributed by atoms with Gasteiger partial charge < -0.3 is 18.9 Å². The molecule has 12 heteroatoms. The standard InChI is InChI=1S/C29H27FN4O6S/c1-37-27-17-22-24(18-28(27)39-15-12-34-10-13-38-14-11-34)32-9-8-25(22)40-26-7-6-21(16-23(26)30)33-41(35,36)29-5-3-2-4-20(29)19-31/h2-9,16-18,33H,10-15H2,1H3. The van der Waals surface area contributed by atoms with Crippen LogP contribution in [0.4, 0.5) is 10.1 Å². The topological polar surface area (TPSA) is 123 Å². The number of nitriles is 1. The molecule has 2 heterocycles. The SMILES string of the molecule is COc1cc2c(Oc3ccc(NS(=O)(=O)c4ccccc4C#N)cc3F)ccnc2cc1OCCN1CCOCC1. The van der Waals surface area contributed by atoms with E-state index in [0.29, 0.717) is 48.0 Å². The van der Waals surface area contributed by atoms with Gasteiger partial charge in [-0.25, -0.2) is 12.8 Å². The van der Waals surface area contributed by atoms with Crippen molar-refractivity contribution in [3.05, 3.63) is 78.2 Å². The smallest absolute Gasteiger partial charge is 0.263 e. The number of methoxy groups -OCH3 is 1. The maximum Gasteiger partial charge on any atom is 0.263 e. The first-order valence-electron chi connectivity index (χ1n) is 12.8. The molecule has 1 aromatic heterocycles. The molecule has 0 bridgehead atoms. The van der Waals surface area contributed by atoms with E-state index < -0.39 is 15.8 Å². The quantitative estimate of drug-likeness (QED) is 0.289. The van der Waals surface area contributed by atoms with Crippen molar-refractivity contribution in [2.75, 3.05) is 51.3 Å². The maximum atomic E-state index is 15.1. The maximum absolute atomic E-state index is 15.1. The highest BCUT2D eigenvalue weighted by Crippen LogP contribution is 2.38. The van der Waals surface area contributed by atoms with Crippen molar-refractivity contribution < 1.29 is 31.8 Å². The summed E-state index contributed by atoms with van der Waals surface area (Å²) < 4.78 is 65.8. The van der Waals surface area contributed by atoms with Gasteiger partial charge in [-0.15, -0.1) is 0 Å². The summed E-state index contributed by atoms with van der Waals surface area (Å²) in [5.41, 5.74) is 0.513. The summed E-state index contributed by atoms with van der Waals surface area (Å²) in [5.74, 6) is 0.406. The van der Waals surface area contributed by atoms with Crippen LogP contribution in [0.3, 0.4) is 0 Å². The monoisotopic (exact) mass is 578 g/mol. The van der Waals surface area contributed by atoms with Crippen LogP contribution in [0.5, 0.6) is 23.0 Å². The van der Waals surface area contributed by atoms with Gasteiger partial charge in [0.25, 0.3) is 10.0 Å². The summed E-state index contributed by atoms with van der Waals surface area (Å²) in [5, 5.41) is 9.81. The van der Waals surface area contributed by atoms with Crippen LogP contribution in [0.15, 0.2) is 71.8 Å². The number of fused-ring (bicyclic) bond motifs is 1. The van der Waals surface area contributed by atoms with Crippen LogP contribution in [0.25, 0.3) is 10.9 Å². The fourth-order valence-electron chi connectivity index (χ4n) is 4.37. The fourth-order valence-corrected chi connectivity index (χ4v) is 5.58. The molecule has 0 amide bonds. The molecule has 0 radical (unpaired) electrons. The van der Waals surface area contributed by atoms with Crippen LogP contribution in [0.2, 0.25) is 0 Å². The van der Waals surface area contributed by atoms with Crippen molar-refractivity contribution in [1.82, 2.24) is 9.88 Å². The number of hydrogen-bond acceptors (Lipinski definition) is 9. The zero-order chi connectivity index (χ0) is 28.8. The van der Waals surface area contributed by atoms with E-state index in [-0.39, 0.29) is 21.9 Å². The molecule has 1 saturated heterocycles. The third-order valence-corrected chi connectivity index (χ3v) is 7.90. The Kier molecular flexibility index (Phi) is 8.49. The highest BCUT2D eigenvalue weighted by Gasteiger charge is 2.20. The highest BCUT2D eigenvalue weighted by molar-refractivity contribution is 7.92. The van der Waals surface area contributed by atoms with Gasteiger partial charge in [0.15, 0.2) is 23.1 Å². The predicted octanol–water partition coefficient (Wildman–Crippen LogP) is 4.56. The molecule has 41 heavy (non-hydrogen) atoms. The normalized spacial score (nSPS) is 13.9. The second-order valence-electron chi connectivity index (χ2n) is 9.09. The minimum atomic E-state index is -4.12. The molecule has 0 unspecified atom stereocenters. The predicted molar refractivity (Wildman–Crippen MR) is 149 cm³/mol. The van der Waals surface area contributed by atoms with E-state index in [1.165, 1.54) is 43.6 Å². The van der Waals surface area contributed by atoms with Crippen molar-refractivity contribution in [3.8, 4) is 29.1 Å². The molecule has 1 aliphatic rings. The van der Waals surface area contributed by atoms with Crippen LogP contribution in [-0.2, 0) is 14.8 Å². The van der Waals surface area contributed by atoms with Crippen LogP contribution < -0.4 is 18.9 Å². The molecule has 5 rings (SSSR count). The number of nitrogens with one attached hydrogen (secondary N) is 1. The summed E-state index contributed by atoms with van der Waals surface area (Å²) in [7, 11) is -2.59. The average Bonchev–Trinajstić information content (AvgIpc) is 2.98. The summed E-state index contributed by atoms with van der Waals surface area (Å²) in [6, 6.07) is 16.3. The zero-order valence-corrected chi connectivity index (χ0v) is 23.0. The third kappa shape index (κ3) is 6.49. The van der Waals surface area contributed by atoms with E-state index in [9.17, 15) is 13.7 Å². The van der Waals surface area contributed by atoms with E-state index >= 15 is 4.39 Å². The van der Waals surface area contributed by atoms with E-state index in [2.05, 4.69) is 14.6 Å². The van der Waals surface area contributed by atoms with Gasteiger partial charge in [0.1, 0.15) is 23.3 Å². The minimum Gasteiger partial charge on any atom is -0.493 e. The summed E-state index contributed by atoms with van der Waals surface area (Å²) in [6.45, 7) is 4.35. The number of aromatic nitrogens is 1. The lowest BCUT2D eigenvalue weighted by Gasteiger charge is -2.26. The molecule has 1 fully saturated rings. The Bertz CT molecular complexity index is 1700. The number of ether oxygens (including phenoxy) is 4. The number of hydrogen-bond donors (Lipinski definition) is 1. The third-order valence-electron chi connectivity index (χ3n) is 6.46. The van der Waals surface area contributed by atoms with Crippen molar-refractivity contribution in [2.45, 2.75) is 4.90 Å². The van der Waals surface area contributed by atoms with Gasteiger partial charge in [-0.2, -0.15) is 5.26 Å². The number of anilines is 1. The Morgan fingerprint density at radius 1 is 1.05 bits per heavy atom. The van der Waals surface area contributed by atoms with Crippen molar-refractivity contribution >= 4 is 26.6 Å². The molecule has 1 aliphatic heterocycles. The van der Waals surface area contributed by atoms with Gasteiger partial charge in [0.2, 0.25) is 0 Å². The van der Waals surface area contributed by atoms with Crippen molar-refractivity contribution in [2.24, 2.45) is 0 Å². The van der Waals surface area contributed by atoms with Gasteiger partial charge in [-0.1, -0.05) is 12.1 Å². The number of morpholine rings is 1. The molecule has 1 N–H and O–H groups in total. The average molecular weight is 579 g/mol. The molecular weight excluding hydrogens is 551 g/mol. The Labute approximate surface area is 236 Å². The van der Waals surface area contributed by atoms with Crippen LogP contribution >= 0.6 is 0 Å². The number of benzene rings is 3. The van der Waals surface area contributed by atoms with E-state index in [1.54, 1.807) is 24.3 Å². The van der Waals surface area contributed by atoms with Crippen molar-refractivity contribution in [3.63, 3.8) is 0 Å². The molecule has 0 aliphatic carbocycles. The lowest BCUT2D eigenvalue weighted by Crippen LogP contribution is -2.38. The lowest BCUT2D eigenvalue weighted by atomic mass is 10.1. The molecule has 0 saturated carbocycles. The number of rotatable bonds is 10. The van der Waals surface area contributed by atoms with Gasteiger partial charge >= 0.3 is 0 Å². The lowest BCUT2D eigenvalue weighted by molar-refractivity contribution is 0.0321. The Balaban J connectivity index is 1.33. The minimum absolute atomic E-state index is 0.0222. The van der Waals surface area contributed by atoms with Crippen LogP contribution in [-0.4, -0.2) is 64.9 Å². The highest BCUT2D eigenvalue weighted by atomic mass is 32.2. The number of nitrogens with zero attached hydrogens (tertiary/aromatic N) is 3. The van der Waals surface area contributed by atoms with Gasteiger partial charge in [0, 0.05) is 43.4 Å². The largest absolute Gasteiger partial charge is 0.493 e. The summed E-state index contributed by atoms with van der Waals surface area (Å²) in [6.07, 6.45) is 1.54. The Morgan fingerprint density at radius 3 is 2.61 bits per heavy atom. The number of halogens is 1. The molecule has 212 valence electrons. The van der Waals surface area contributed by atoms with Gasteiger partial charge in [-0.05, 0) is 36.4 Å². The Hall–Kier alpha value is -4.44. The van der Waals surface area contributed by atoms with E-state index in [1.807, 2.05) is 6.07 Å². The van der Waals surface area contributed by atoms with Crippen LogP contribution in [0.1, 0.15) is 5.56 Å². The second-order valence-corrected chi connectivity index (χ2v) is 10.7. The first-order chi connectivity index (χ1) is 19.9. The summed E-state index contributed by atoms with van der Waals surface area (Å²) >= 11 is 0. The first kappa shape index (κ1) is 28.1. The van der Waals surface area contributed by atoms with E-state index in [0.717, 1.165) is 25.7 Å². The molecule has 3 aromatic carbocycles. The zero-order valence-electron chi connectivity index (χ0n) is 22.2. The fraction of sp³-hybridized carbons (Fsp3) is 0.241. The first-order valence-corrected chi connectivity index (χ1v) is 14.3. The number of sulfonamides is 1. The summed E-state index contributed by atoms with van der Waals surface area (Å²) in [4.78, 5) is 6.46.